The van der Waals surface area contributed by atoms with Gasteiger partial charge >= 0.3 is 18.2 Å². The fraction of sp³-hybridized carbons (Fsp3) is 0.353. The van der Waals surface area contributed by atoms with Crippen molar-refractivity contribution in [1.82, 2.24) is 4.90 Å². The molecule has 3 aromatic rings. The molecule has 13 nitrogen and oxygen atoms in total. The second kappa shape index (κ2) is 17.2. The van der Waals surface area contributed by atoms with Gasteiger partial charge in [-0.15, -0.1) is 0 Å². The van der Waals surface area contributed by atoms with Crippen molar-refractivity contribution in [1.29, 1.82) is 0 Å². The number of carbonyl (C=O) groups excluding carboxylic acids is 3. The average molecular weight is 683 g/mol. The van der Waals surface area contributed by atoms with Crippen LogP contribution in [0.4, 0.5) is 21.0 Å². The molecule has 5 N–H and O–H groups in total. The third-order valence-corrected chi connectivity index (χ3v) is 9.57. The molecule has 258 valence electrons. The highest BCUT2D eigenvalue weighted by Gasteiger charge is 2.25. The molecule has 0 heterocycles. The van der Waals surface area contributed by atoms with E-state index in [-0.39, 0.29) is 35.9 Å². The number of carboxylic acid groups (broad SMARTS) is 1. The van der Waals surface area contributed by atoms with Crippen LogP contribution in [-0.2, 0) is 37.1 Å². The number of hydrogen-bond acceptors (Lipinski definition) is 9. The summed E-state index contributed by atoms with van der Waals surface area (Å²) in [5, 5.41) is 14.6. The standard InChI is InChI=1S/C34H42N4O9S/c1-5-6-17-47-34(43)38(4)21-26-20-28(14-15-29(26)48(44,45)22(2)3)37-33(42)46-18-16-23-10-12-24(13-11-23)30(32(40)41)36-27-9-7-8-25(19-27)31(35)39/h7-15,19-20,22,30,36H,5-6,16-18,21H2,1-4H3,(H2,35,39)(H,37,42)(H,40,41). The van der Waals surface area contributed by atoms with E-state index in [2.05, 4.69) is 10.6 Å². The van der Waals surface area contributed by atoms with Crippen molar-refractivity contribution < 1.29 is 42.2 Å². The largest absolute Gasteiger partial charge is 0.479 e. The predicted octanol–water partition coefficient (Wildman–Crippen LogP) is 5.37. The van der Waals surface area contributed by atoms with Gasteiger partial charge in [0.25, 0.3) is 0 Å². The van der Waals surface area contributed by atoms with Crippen molar-refractivity contribution in [2.45, 2.75) is 62.8 Å². The number of carbonyl (C=O) groups is 4. The number of carboxylic acids is 1. The van der Waals surface area contributed by atoms with Gasteiger partial charge in [0, 0.05) is 30.4 Å². The zero-order valence-corrected chi connectivity index (χ0v) is 28.2. The Hall–Kier alpha value is -5.11. The van der Waals surface area contributed by atoms with Crippen molar-refractivity contribution in [3.63, 3.8) is 0 Å². The maximum absolute atomic E-state index is 13.0. The summed E-state index contributed by atoms with van der Waals surface area (Å²) in [6.07, 6.45) is 0.538. The van der Waals surface area contributed by atoms with Gasteiger partial charge in [-0.3, -0.25) is 10.1 Å². The van der Waals surface area contributed by atoms with Crippen LogP contribution in [0.3, 0.4) is 0 Å². The molecule has 0 aromatic heterocycles. The van der Waals surface area contributed by atoms with Gasteiger partial charge < -0.3 is 30.5 Å². The maximum atomic E-state index is 13.0. The lowest BCUT2D eigenvalue weighted by Gasteiger charge is -2.20. The first-order chi connectivity index (χ1) is 22.7. The fourth-order valence-corrected chi connectivity index (χ4v) is 5.81. The number of rotatable bonds is 16. The molecular weight excluding hydrogens is 640 g/mol. The van der Waals surface area contributed by atoms with Crippen LogP contribution >= 0.6 is 0 Å². The van der Waals surface area contributed by atoms with E-state index in [0.29, 0.717) is 29.7 Å². The van der Waals surface area contributed by atoms with Crippen LogP contribution in [0.5, 0.6) is 0 Å². The monoisotopic (exact) mass is 682 g/mol. The minimum absolute atomic E-state index is 0.00467. The Kier molecular flexibility index (Phi) is 13.4. The number of amides is 3. The van der Waals surface area contributed by atoms with Crippen molar-refractivity contribution in [2.24, 2.45) is 5.73 Å². The molecule has 0 aliphatic heterocycles. The van der Waals surface area contributed by atoms with Crippen molar-refractivity contribution in [3.8, 4) is 0 Å². The van der Waals surface area contributed by atoms with Crippen LogP contribution in [0.1, 0.15) is 66.7 Å². The van der Waals surface area contributed by atoms with E-state index in [1.807, 2.05) is 6.92 Å². The summed E-state index contributed by atoms with van der Waals surface area (Å²) in [7, 11) is -2.20. The van der Waals surface area contributed by atoms with E-state index < -0.39 is 45.2 Å². The van der Waals surface area contributed by atoms with E-state index in [1.54, 1.807) is 50.2 Å². The number of nitrogens with two attached hydrogens (primary N) is 1. The molecule has 3 aromatic carbocycles. The molecule has 14 heteroatoms. The Labute approximate surface area is 280 Å². The van der Waals surface area contributed by atoms with Gasteiger partial charge in [0.15, 0.2) is 15.9 Å². The number of sulfone groups is 1. The van der Waals surface area contributed by atoms with E-state index in [1.165, 1.54) is 42.3 Å². The smallest absolute Gasteiger partial charge is 0.411 e. The molecule has 1 atom stereocenters. The van der Waals surface area contributed by atoms with E-state index in [4.69, 9.17) is 15.2 Å². The summed E-state index contributed by atoms with van der Waals surface area (Å²) < 4.78 is 36.6. The van der Waals surface area contributed by atoms with Crippen molar-refractivity contribution >= 4 is 45.3 Å². The van der Waals surface area contributed by atoms with Crippen molar-refractivity contribution in [3.05, 3.63) is 89.0 Å². The molecule has 1 unspecified atom stereocenters. The minimum Gasteiger partial charge on any atom is -0.479 e. The first-order valence-corrected chi connectivity index (χ1v) is 16.9. The number of benzene rings is 3. The highest BCUT2D eigenvalue weighted by molar-refractivity contribution is 7.92. The van der Waals surface area contributed by atoms with Crippen LogP contribution < -0.4 is 16.4 Å². The molecule has 0 spiro atoms. The summed E-state index contributed by atoms with van der Waals surface area (Å²) in [5.41, 5.74) is 7.82. The second-order valence-corrected chi connectivity index (χ2v) is 13.8. The number of aliphatic carboxylic acids is 1. The quantitative estimate of drug-likeness (QED) is 0.143. The molecule has 0 aliphatic rings. The van der Waals surface area contributed by atoms with Gasteiger partial charge in [0.1, 0.15) is 0 Å². The molecule has 0 radical (unpaired) electrons. The Morgan fingerprint density at radius 3 is 2.27 bits per heavy atom. The Morgan fingerprint density at radius 2 is 1.65 bits per heavy atom. The molecule has 0 fully saturated rings. The SMILES string of the molecule is CCCCOC(=O)N(C)Cc1cc(NC(=O)OCCc2ccc(C(Nc3cccc(C(N)=O)c3)C(=O)O)cc2)ccc1S(=O)(=O)C(C)C. The number of nitrogens with zero attached hydrogens (tertiary/aromatic N) is 1. The van der Waals surface area contributed by atoms with Crippen molar-refractivity contribution in [2.75, 3.05) is 30.9 Å². The normalized spacial score (nSPS) is 11.8. The zero-order chi connectivity index (χ0) is 35.4. The molecule has 0 saturated carbocycles. The van der Waals surface area contributed by atoms with E-state index >= 15 is 0 Å². The van der Waals surface area contributed by atoms with Gasteiger partial charge in [-0.2, -0.15) is 0 Å². The number of ether oxygens (including phenoxy) is 2. The third kappa shape index (κ3) is 10.5. The molecule has 3 amide bonds. The van der Waals surface area contributed by atoms with Crippen LogP contribution in [0.2, 0.25) is 0 Å². The summed E-state index contributed by atoms with van der Waals surface area (Å²) in [4.78, 5) is 49.8. The number of unbranched alkanes of at least 4 members (excludes halogenated alkanes) is 1. The highest BCUT2D eigenvalue weighted by Crippen LogP contribution is 2.26. The Morgan fingerprint density at radius 1 is 0.938 bits per heavy atom. The highest BCUT2D eigenvalue weighted by atomic mass is 32.2. The molecule has 48 heavy (non-hydrogen) atoms. The second-order valence-electron chi connectivity index (χ2n) is 11.4. The lowest BCUT2D eigenvalue weighted by molar-refractivity contribution is -0.138. The molecular formula is C34H42N4O9S. The van der Waals surface area contributed by atoms with Crippen LogP contribution in [0.15, 0.2) is 71.6 Å². The number of nitrogens with one attached hydrogen (secondary N) is 2. The summed E-state index contributed by atoms with van der Waals surface area (Å²) in [5.74, 6) is -1.75. The van der Waals surface area contributed by atoms with E-state index in [9.17, 15) is 32.7 Å². The van der Waals surface area contributed by atoms with Gasteiger partial charge in [0.05, 0.1) is 29.9 Å². The minimum atomic E-state index is -3.70. The number of anilines is 2. The van der Waals surface area contributed by atoms with Gasteiger partial charge in [-0.05, 0) is 73.4 Å². The summed E-state index contributed by atoms with van der Waals surface area (Å²) in [6, 6.07) is 16.2. The topological polar surface area (TPSA) is 194 Å². The number of primary amides is 1. The van der Waals surface area contributed by atoms with Crippen LogP contribution in [-0.4, -0.2) is 68.0 Å². The molecule has 0 aliphatic carbocycles. The van der Waals surface area contributed by atoms with Gasteiger partial charge in [-0.25, -0.2) is 22.8 Å². The summed E-state index contributed by atoms with van der Waals surface area (Å²) in [6.45, 7) is 5.29. The Balaban J connectivity index is 1.63. The predicted molar refractivity (Wildman–Crippen MR) is 181 cm³/mol. The maximum Gasteiger partial charge on any atom is 0.411 e. The van der Waals surface area contributed by atoms with Gasteiger partial charge in [-0.1, -0.05) is 43.7 Å². The Bertz CT molecular complexity index is 1710. The third-order valence-electron chi connectivity index (χ3n) is 7.32. The number of hydrogen-bond donors (Lipinski definition) is 4. The fourth-order valence-electron chi connectivity index (χ4n) is 4.56. The van der Waals surface area contributed by atoms with Crippen LogP contribution in [0.25, 0.3) is 0 Å². The van der Waals surface area contributed by atoms with Gasteiger partial charge in [0.2, 0.25) is 5.91 Å². The molecule has 0 bridgehead atoms. The lowest BCUT2D eigenvalue weighted by atomic mass is 10.0. The van der Waals surface area contributed by atoms with Crippen LogP contribution in [0, 0.1) is 0 Å². The first kappa shape index (κ1) is 37.3. The summed E-state index contributed by atoms with van der Waals surface area (Å²) >= 11 is 0. The van der Waals surface area contributed by atoms with E-state index in [0.717, 1.165) is 12.0 Å². The molecule has 3 rings (SSSR count). The average Bonchev–Trinajstić information content (AvgIpc) is 3.04. The zero-order valence-electron chi connectivity index (χ0n) is 27.4. The lowest BCUT2D eigenvalue weighted by Crippen LogP contribution is -2.28. The molecule has 0 saturated heterocycles. The first-order valence-electron chi connectivity index (χ1n) is 15.4.